The first-order chi connectivity index (χ1) is 9.61. The van der Waals surface area contributed by atoms with Crippen molar-refractivity contribution in [2.45, 2.75) is 31.0 Å². The molecule has 3 rings (SSSR count). The fourth-order valence-electron chi connectivity index (χ4n) is 3.07. The van der Waals surface area contributed by atoms with Crippen LogP contribution in [-0.4, -0.2) is 24.8 Å². The molecule has 0 bridgehead atoms. The molecule has 4 nitrogen and oxygen atoms in total. The van der Waals surface area contributed by atoms with E-state index in [0.29, 0.717) is 6.61 Å². The molecule has 1 aromatic carbocycles. The van der Waals surface area contributed by atoms with Crippen LogP contribution in [-0.2, 0) is 4.74 Å². The number of nitrogens with one attached hydrogen (secondary N) is 1. The molecule has 1 saturated heterocycles. The van der Waals surface area contributed by atoms with Crippen LogP contribution in [0, 0.1) is 28.9 Å². The average Bonchev–Trinajstić information content (AvgIpc) is 2.45. The summed E-state index contributed by atoms with van der Waals surface area (Å²) in [5.74, 6) is -1.31. The van der Waals surface area contributed by atoms with E-state index >= 15 is 0 Å². The standard InChI is InChI=1S/C14H15F2N3O/c15-9-4-7(6-17)5-10(16)12(9)19-13-11(18)8-2-1-3-20-14(8)13/h4-5,8,11,13-14,19H,1-3,18H2. The van der Waals surface area contributed by atoms with Crippen molar-refractivity contribution >= 4 is 5.69 Å². The van der Waals surface area contributed by atoms with E-state index in [-0.39, 0.29) is 35.4 Å². The van der Waals surface area contributed by atoms with Crippen LogP contribution in [0.2, 0.25) is 0 Å². The molecular weight excluding hydrogens is 264 g/mol. The zero-order chi connectivity index (χ0) is 14.3. The highest BCUT2D eigenvalue weighted by Crippen LogP contribution is 2.39. The Kier molecular flexibility index (Phi) is 3.32. The van der Waals surface area contributed by atoms with Crippen LogP contribution in [0.1, 0.15) is 18.4 Å². The molecule has 1 aliphatic heterocycles. The van der Waals surface area contributed by atoms with Gasteiger partial charge < -0.3 is 15.8 Å². The molecule has 0 radical (unpaired) electrons. The summed E-state index contributed by atoms with van der Waals surface area (Å²) >= 11 is 0. The molecule has 0 amide bonds. The van der Waals surface area contributed by atoms with E-state index in [2.05, 4.69) is 5.32 Å². The van der Waals surface area contributed by atoms with Gasteiger partial charge in [-0.2, -0.15) is 5.26 Å². The molecule has 2 aliphatic rings. The summed E-state index contributed by atoms with van der Waals surface area (Å²) in [6.07, 6.45) is 1.87. The van der Waals surface area contributed by atoms with Gasteiger partial charge in [-0.3, -0.25) is 0 Å². The first-order valence-electron chi connectivity index (χ1n) is 6.64. The van der Waals surface area contributed by atoms with E-state index in [1.807, 2.05) is 0 Å². The number of anilines is 1. The zero-order valence-electron chi connectivity index (χ0n) is 10.8. The normalized spacial score (nSPS) is 31.9. The average molecular weight is 279 g/mol. The maximum atomic E-state index is 13.8. The van der Waals surface area contributed by atoms with Crippen LogP contribution in [0.5, 0.6) is 0 Å². The Hall–Kier alpha value is -1.71. The number of halogens is 2. The zero-order valence-corrected chi connectivity index (χ0v) is 10.8. The molecule has 1 aromatic rings. The molecule has 106 valence electrons. The monoisotopic (exact) mass is 279 g/mol. The van der Waals surface area contributed by atoms with Gasteiger partial charge in [0, 0.05) is 18.6 Å². The highest BCUT2D eigenvalue weighted by Gasteiger charge is 2.50. The summed E-state index contributed by atoms with van der Waals surface area (Å²) in [5.41, 5.74) is 5.76. The molecule has 0 spiro atoms. The smallest absolute Gasteiger partial charge is 0.150 e. The lowest BCUT2D eigenvalue weighted by atomic mass is 9.68. The lowest BCUT2D eigenvalue weighted by Crippen LogP contribution is -2.69. The minimum absolute atomic E-state index is 0.0461. The molecule has 3 N–H and O–H groups in total. The first kappa shape index (κ1) is 13.3. The molecule has 6 heteroatoms. The Morgan fingerprint density at radius 2 is 2.05 bits per heavy atom. The van der Waals surface area contributed by atoms with Gasteiger partial charge >= 0.3 is 0 Å². The third-order valence-electron chi connectivity index (χ3n) is 4.16. The second-order valence-corrected chi connectivity index (χ2v) is 5.32. The van der Waals surface area contributed by atoms with Crippen LogP contribution in [0.25, 0.3) is 0 Å². The molecule has 1 heterocycles. The maximum Gasteiger partial charge on any atom is 0.150 e. The molecule has 1 saturated carbocycles. The Labute approximate surface area is 115 Å². The molecule has 0 aromatic heterocycles. The van der Waals surface area contributed by atoms with Gasteiger partial charge in [-0.25, -0.2) is 8.78 Å². The largest absolute Gasteiger partial charge is 0.376 e. The van der Waals surface area contributed by atoms with E-state index in [1.165, 1.54) is 0 Å². The number of rotatable bonds is 2. The van der Waals surface area contributed by atoms with E-state index in [1.54, 1.807) is 6.07 Å². The second kappa shape index (κ2) is 5.00. The fraction of sp³-hybridized carbons (Fsp3) is 0.500. The van der Waals surface area contributed by atoms with Gasteiger partial charge in [0.1, 0.15) is 5.69 Å². The Bertz CT molecular complexity index is 549. The molecule has 4 unspecified atom stereocenters. The van der Waals surface area contributed by atoms with Crippen molar-refractivity contribution in [1.82, 2.24) is 0 Å². The highest BCUT2D eigenvalue weighted by atomic mass is 19.1. The number of hydrogen-bond donors (Lipinski definition) is 2. The summed E-state index contributed by atoms with van der Waals surface area (Å²) in [4.78, 5) is 0. The number of fused-ring (bicyclic) bond motifs is 1. The summed E-state index contributed by atoms with van der Waals surface area (Å²) < 4.78 is 33.3. The minimum Gasteiger partial charge on any atom is -0.376 e. The number of nitriles is 1. The predicted octanol–water partition coefficient (Wildman–Crippen LogP) is 1.75. The van der Waals surface area contributed by atoms with Gasteiger partial charge in [-0.1, -0.05) is 0 Å². The Morgan fingerprint density at radius 3 is 2.70 bits per heavy atom. The van der Waals surface area contributed by atoms with Gasteiger partial charge in [0.25, 0.3) is 0 Å². The van der Waals surface area contributed by atoms with Crippen LogP contribution in [0.3, 0.4) is 0 Å². The van der Waals surface area contributed by atoms with E-state index in [9.17, 15) is 8.78 Å². The third-order valence-corrected chi connectivity index (χ3v) is 4.16. The van der Waals surface area contributed by atoms with Crippen LogP contribution in [0.4, 0.5) is 14.5 Å². The van der Waals surface area contributed by atoms with Crippen LogP contribution >= 0.6 is 0 Å². The van der Waals surface area contributed by atoms with Crippen molar-refractivity contribution in [2.24, 2.45) is 11.7 Å². The summed E-state index contributed by atoms with van der Waals surface area (Å²) in [7, 11) is 0. The quantitative estimate of drug-likeness (QED) is 0.865. The van der Waals surface area contributed by atoms with Gasteiger partial charge in [-0.15, -0.1) is 0 Å². The first-order valence-corrected chi connectivity index (χ1v) is 6.64. The van der Waals surface area contributed by atoms with Gasteiger partial charge in [-0.05, 0) is 25.0 Å². The van der Waals surface area contributed by atoms with Crippen molar-refractivity contribution < 1.29 is 13.5 Å². The van der Waals surface area contributed by atoms with Crippen LogP contribution < -0.4 is 11.1 Å². The van der Waals surface area contributed by atoms with Crippen molar-refractivity contribution in [3.8, 4) is 6.07 Å². The van der Waals surface area contributed by atoms with Crippen molar-refractivity contribution in [3.05, 3.63) is 29.3 Å². The second-order valence-electron chi connectivity index (χ2n) is 5.32. The number of ether oxygens (including phenoxy) is 1. The Balaban J connectivity index is 1.80. The van der Waals surface area contributed by atoms with Gasteiger partial charge in [0.05, 0.1) is 23.8 Å². The van der Waals surface area contributed by atoms with E-state index in [4.69, 9.17) is 15.7 Å². The molecule has 1 aliphatic carbocycles. The molecule has 2 fully saturated rings. The Morgan fingerprint density at radius 1 is 1.35 bits per heavy atom. The lowest BCUT2D eigenvalue weighted by molar-refractivity contribution is -0.104. The SMILES string of the molecule is N#Cc1cc(F)c(NC2C(N)C3CCCOC32)c(F)c1. The highest BCUT2D eigenvalue weighted by molar-refractivity contribution is 5.52. The molecule has 4 atom stereocenters. The molecule has 20 heavy (non-hydrogen) atoms. The minimum atomic E-state index is -0.784. The van der Waals surface area contributed by atoms with Crippen molar-refractivity contribution in [3.63, 3.8) is 0 Å². The number of benzene rings is 1. The fourth-order valence-corrected chi connectivity index (χ4v) is 3.07. The summed E-state index contributed by atoms with van der Waals surface area (Å²) in [5, 5.41) is 11.5. The number of hydrogen-bond acceptors (Lipinski definition) is 4. The lowest BCUT2D eigenvalue weighted by Gasteiger charge is -2.52. The van der Waals surface area contributed by atoms with Crippen molar-refractivity contribution in [1.29, 1.82) is 5.26 Å². The number of nitrogens with zero attached hydrogens (tertiary/aromatic N) is 1. The summed E-state index contributed by atoms with van der Waals surface area (Å²) in [6, 6.07) is 3.27. The van der Waals surface area contributed by atoms with Gasteiger partial charge in [0.2, 0.25) is 0 Å². The summed E-state index contributed by atoms with van der Waals surface area (Å²) in [6.45, 7) is 0.657. The third kappa shape index (κ3) is 2.03. The maximum absolute atomic E-state index is 13.8. The topological polar surface area (TPSA) is 71.1 Å². The molecular formula is C14H15F2N3O. The van der Waals surface area contributed by atoms with Crippen molar-refractivity contribution in [2.75, 3.05) is 11.9 Å². The van der Waals surface area contributed by atoms with Gasteiger partial charge in [0.15, 0.2) is 11.6 Å². The van der Waals surface area contributed by atoms with E-state index in [0.717, 1.165) is 25.0 Å². The van der Waals surface area contributed by atoms with E-state index < -0.39 is 11.6 Å². The predicted molar refractivity (Wildman–Crippen MR) is 68.9 cm³/mol. The number of nitrogens with two attached hydrogens (primary N) is 1. The van der Waals surface area contributed by atoms with Crippen LogP contribution in [0.15, 0.2) is 12.1 Å².